The number of nitrogens with two attached hydrogens (primary N) is 1. The average molecular weight is 396 g/mol. The number of rotatable bonds is 3. The number of carbonyl (C=O) groups is 1. The molecule has 0 bridgehead atoms. The summed E-state index contributed by atoms with van der Waals surface area (Å²) in [6.45, 7) is 0.941. The van der Waals surface area contributed by atoms with E-state index >= 15 is 0 Å². The summed E-state index contributed by atoms with van der Waals surface area (Å²) in [5, 5.41) is 9.11. The molecule has 1 saturated heterocycles. The van der Waals surface area contributed by atoms with Gasteiger partial charge in [-0.1, -0.05) is 0 Å². The van der Waals surface area contributed by atoms with Gasteiger partial charge in [0.2, 0.25) is 0 Å². The van der Waals surface area contributed by atoms with Crippen LogP contribution in [-0.4, -0.2) is 57.2 Å². The number of nitrogen functional groups attached to an aromatic ring is 1. The van der Waals surface area contributed by atoms with Crippen molar-refractivity contribution in [3.8, 4) is 11.3 Å². The second-order valence-electron chi connectivity index (χ2n) is 7.13. The van der Waals surface area contributed by atoms with Gasteiger partial charge in [-0.15, -0.1) is 0 Å². The molecule has 1 fully saturated rings. The van der Waals surface area contributed by atoms with E-state index in [1.807, 2.05) is 18.0 Å². The topological polar surface area (TPSA) is 108 Å². The van der Waals surface area contributed by atoms with E-state index in [2.05, 4.69) is 15.0 Å². The smallest absolute Gasteiger partial charge is 0.407 e. The molecule has 2 aromatic heterocycles. The third kappa shape index (κ3) is 3.75. The van der Waals surface area contributed by atoms with Gasteiger partial charge in [-0.2, -0.15) is 0 Å². The van der Waals surface area contributed by atoms with Gasteiger partial charge in [0.15, 0.2) is 5.82 Å². The van der Waals surface area contributed by atoms with Gasteiger partial charge >= 0.3 is 6.09 Å². The molecule has 29 heavy (non-hydrogen) atoms. The highest BCUT2D eigenvalue weighted by Gasteiger charge is 2.25. The van der Waals surface area contributed by atoms with Gasteiger partial charge in [-0.05, 0) is 43.2 Å². The van der Waals surface area contributed by atoms with Gasteiger partial charge in [0, 0.05) is 37.4 Å². The number of pyridine rings is 1. The third-order valence-corrected chi connectivity index (χ3v) is 5.38. The minimum atomic E-state index is -0.898. The largest absolute Gasteiger partial charge is 0.465 e. The van der Waals surface area contributed by atoms with E-state index in [0.29, 0.717) is 53.9 Å². The first kappa shape index (κ1) is 18.9. The molecule has 1 amide bonds. The predicted molar refractivity (Wildman–Crippen MR) is 108 cm³/mol. The van der Waals surface area contributed by atoms with E-state index in [4.69, 9.17) is 10.8 Å². The maximum absolute atomic E-state index is 14.4. The minimum absolute atomic E-state index is 0.133. The number of nitrogens with zero attached hydrogens (tertiary/aromatic N) is 5. The molecule has 0 saturated carbocycles. The van der Waals surface area contributed by atoms with E-state index in [9.17, 15) is 9.18 Å². The van der Waals surface area contributed by atoms with Gasteiger partial charge in [0.1, 0.15) is 17.7 Å². The van der Waals surface area contributed by atoms with Gasteiger partial charge in [0.25, 0.3) is 0 Å². The van der Waals surface area contributed by atoms with Gasteiger partial charge in [-0.3, -0.25) is 0 Å². The van der Waals surface area contributed by atoms with Crippen molar-refractivity contribution in [1.82, 2.24) is 19.9 Å². The number of benzene rings is 1. The van der Waals surface area contributed by atoms with Gasteiger partial charge in [-0.25, -0.2) is 24.1 Å². The second-order valence-corrected chi connectivity index (χ2v) is 7.13. The van der Waals surface area contributed by atoms with Crippen molar-refractivity contribution in [2.75, 3.05) is 30.8 Å². The van der Waals surface area contributed by atoms with Crippen LogP contribution in [0.4, 0.5) is 20.7 Å². The molecule has 3 aromatic rings. The Labute approximate surface area is 166 Å². The number of halogens is 1. The van der Waals surface area contributed by atoms with E-state index in [1.165, 1.54) is 23.4 Å². The minimum Gasteiger partial charge on any atom is -0.465 e. The molecular formula is C20H21FN6O2. The summed E-state index contributed by atoms with van der Waals surface area (Å²) in [6.07, 6.45) is 1.86. The summed E-state index contributed by atoms with van der Waals surface area (Å²) >= 11 is 0. The SMILES string of the molecule is CN(c1cc(F)cc(-c2ccc3ncnc(N)c3n2)c1)C1CCN(C(=O)O)CC1. The maximum Gasteiger partial charge on any atom is 0.407 e. The molecule has 0 unspecified atom stereocenters. The zero-order valence-electron chi connectivity index (χ0n) is 15.9. The predicted octanol–water partition coefficient (Wildman–Crippen LogP) is 2.99. The van der Waals surface area contributed by atoms with Crippen LogP contribution in [-0.2, 0) is 0 Å². The van der Waals surface area contributed by atoms with E-state index in [-0.39, 0.29) is 17.7 Å². The number of likely N-dealkylation sites (tertiary alicyclic amines) is 1. The molecule has 3 heterocycles. The maximum atomic E-state index is 14.4. The Morgan fingerprint density at radius 3 is 2.72 bits per heavy atom. The summed E-state index contributed by atoms with van der Waals surface area (Å²) in [6, 6.07) is 8.48. The molecule has 3 N–H and O–H groups in total. The van der Waals surface area contributed by atoms with Crippen LogP contribution in [0.2, 0.25) is 0 Å². The number of aromatic nitrogens is 3. The van der Waals surface area contributed by atoms with Crippen molar-refractivity contribution < 1.29 is 14.3 Å². The number of hydrogen-bond acceptors (Lipinski definition) is 6. The quantitative estimate of drug-likeness (QED) is 0.700. The lowest BCUT2D eigenvalue weighted by Gasteiger charge is -2.36. The number of carboxylic acid groups (broad SMARTS) is 1. The fourth-order valence-electron chi connectivity index (χ4n) is 3.70. The van der Waals surface area contributed by atoms with Crippen LogP contribution >= 0.6 is 0 Å². The van der Waals surface area contributed by atoms with Crippen molar-refractivity contribution in [3.05, 3.63) is 42.5 Å². The monoisotopic (exact) mass is 396 g/mol. The molecule has 9 heteroatoms. The van der Waals surface area contributed by atoms with Crippen molar-refractivity contribution in [2.45, 2.75) is 18.9 Å². The third-order valence-electron chi connectivity index (χ3n) is 5.38. The Hall–Kier alpha value is -3.49. The molecule has 1 aliphatic heterocycles. The van der Waals surface area contributed by atoms with Crippen LogP contribution in [0.3, 0.4) is 0 Å². The molecule has 0 spiro atoms. The van der Waals surface area contributed by atoms with E-state index in [0.717, 1.165) is 0 Å². The second kappa shape index (κ2) is 7.50. The first-order chi connectivity index (χ1) is 13.9. The lowest BCUT2D eigenvalue weighted by molar-refractivity contribution is 0.132. The Kier molecular flexibility index (Phi) is 4.87. The zero-order chi connectivity index (χ0) is 20.5. The van der Waals surface area contributed by atoms with Crippen LogP contribution in [0, 0.1) is 5.82 Å². The fourth-order valence-corrected chi connectivity index (χ4v) is 3.70. The molecule has 1 aliphatic rings. The van der Waals surface area contributed by atoms with Crippen LogP contribution < -0.4 is 10.6 Å². The molecule has 150 valence electrons. The van der Waals surface area contributed by atoms with Crippen molar-refractivity contribution in [1.29, 1.82) is 0 Å². The van der Waals surface area contributed by atoms with Crippen molar-refractivity contribution >= 4 is 28.6 Å². The Morgan fingerprint density at radius 1 is 1.24 bits per heavy atom. The molecule has 8 nitrogen and oxygen atoms in total. The number of anilines is 2. The first-order valence-electron chi connectivity index (χ1n) is 9.31. The molecular weight excluding hydrogens is 375 g/mol. The number of amides is 1. The normalized spacial score (nSPS) is 14.9. The van der Waals surface area contributed by atoms with E-state index < -0.39 is 6.09 Å². The number of piperidine rings is 1. The summed E-state index contributed by atoms with van der Waals surface area (Å²) in [7, 11) is 1.90. The summed E-state index contributed by atoms with van der Waals surface area (Å²) in [5.74, 6) is -0.0951. The summed E-state index contributed by atoms with van der Waals surface area (Å²) in [4.78, 5) is 27.1. The summed E-state index contributed by atoms with van der Waals surface area (Å²) in [5.41, 5.74) is 8.92. The molecule has 0 atom stereocenters. The average Bonchev–Trinajstić information content (AvgIpc) is 2.73. The van der Waals surface area contributed by atoms with Crippen LogP contribution in [0.25, 0.3) is 22.3 Å². The Balaban J connectivity index is 1.63. The van der Waals surface area contributed by atoms with Crippen molar-refractivity contribution in [2.24, 2.45) is 0 Å². The van der Waals surface area contributed by atoms with Crippen LogP contribution in [0.1, 0.15) is 12.8 Å². The molecule has 0 radical (unpaired) electrons. The lowest BCUT2D eigenvalue weighted by Crippen LogP contribution is -2.45. The highest BCUT2D eigenvalue weighted by Crippen LogP contribution is 2.29. The van der Waals surface area contributed by atoms with E-state index in [1.54, 1.807) is 12.1 Å². The number of fused-ring (bicyclic) bond motifs is 1. The highest BCUT2D eigenvalue weighted by atomic mass is 19.1. The van der Waals surface area contributed by atoms with Crippen molar-refractivity contribution in [3.63, 3.8) is 0 Å². The molecule has 0 aliphatic carbocycles. The van der Waals surface area contributed by atoms with Crippen LogP contribution in [0.5, 0.6) is 0 Å². The highest BCUT2D eigenvalue weighted by molar-refractivity contribution is 5.86. The van der Waals surface area contributed by atoms with Crippen LogP contribution in [0.15, 0.2) is 36.7 Å². The Bertz CT molecular complexity index is 1070. The first-order valence-corrected chi connectivity index (χ1v) is 9.31. The molecule has 1 aromatic carbocycles. The fraction of sp³-hybridized carbons (Fsp3) is 0.300. The lowest BCUT2D eigenvalue weighted by atomic mass is 10.0. The van der Waals surface area contributed by atoms with Gasteiger partial charge in [0.05, 0.1) is 11.2 Å². The molecule has 4 rings (SSSR count). The Morgan fingerprint density at radius 2 is 2.00 bits per heavy atom. The summed E-state index contributed by atoms with van der Waals surface area (Å²) < 4.78 is 14.4. The van der Waals surface area contributed by atoms with Gasteiger partial charge < -0.3 is 20.6 Å². The number of hydrogen-bond donors (Lipinski definition) is 2. The zero-order valence-corrected chi connectivity index (χ0v) is 15.9. The standard InChI is InChI=1S/C20H21FN6O2/c1-26(14-4-6-27(7-5-14)20(28)29)15-9-12(8-13(21)10-15)16-2-3-17-18(25-16)19(22)24-11-23-17/h2-3,8-11,14H,4-7H2,1H3,(H,28,29)(H2,22,23,24).